The summed E-state index contributed by atoms with van der Waals surface area (Å²) in [4.78, 5) is 14.8. The van der Waals surface area contributed by atoms with Crippen molar-refractivity contribution in [2.24, 2.45) is 13.0 Å². The minimum absolute atomic E-state index is 0.243. The molecule has 5 heteroatoms. The third-order valence-electron chi connectivity index (χ3n) is 4.88. The summed E-state index contributed by atoms with van der Waals surface area (Å²) in [5.41, 5.74) is 3.35. The minimum atomic E-state index is 0.243. The van der Waals surface area contributed by atoms with Gasteiger partial charge in [-0.2, -0.15) is 5.10 Å². The van der Waals surface area contributed by atoms with Crippen LogP contribution in [-0.2, 0) is 11.8 Å². The Morgan fingerprint density at radius 2 is 2.00 bits per heavy atom. The number of carbonyl (C=O) groups excluding carboxylic acids is 1. The molecule has 0 bridgehead atoms. The second-order valence-electron chi connectivity index (χ2n) is 6.36. The Morgan fingerprint density at radius 3 is 2.64 bits per heavy atom. The zero-order chi connectivity index (χ0) is 15.7. The largest absolute Gasteiger partial charge is 0.306 e. The number of aromatic nitrogens is 2. The van der Waals surface area contributed by atoms with Crippen molar-refractivity contribution in [2.75, 3.05) is 12.3 Å². The molecule has 1 saturated heterocycles. The normalized spacial score (nSPS) is 21.8. The van der Waals surface area contributed by atoms with Crippen LogP contribution in [0.3, 0.4) is 0 Å². The summed E-state index contributed by atoms with van der Waals surface area (Å²) in [5.74, 6) is 1.59. The van der Waals surface area contributed by atoms with Gasteiger partial charge in [0.2, 0.25) is 5.91 Å². The molecule has 1 saturated carbocycles. The van der Waals surface area contributed by atoms with E-state index < -0.39 is 0 Å². The van der Waals surface area contributed by atoms with Crippen molar-refractivity contribution >= 4 is 23.7 Å². The fourth-order valence-electron chi connectivity index (χ4n) is 3.46. The van der Waals surface area contributed by atoms with Gasteiger partial charge >= 0.3 is 0 Å². The molecule has 2 heterocycles. The van der Waals surface area contributed by atoms with E-state index in [9.17, 15) is 4.79 Å². The molecule has 1 aliphatic carbocycles. The number of rotatable bonds is 2. The first kappa shape index (κ1) is 15.7. The Labute approximate surface area is 136 Å². The molecular weight excluding hydrogens is 294 g/mol. The molecule has 0 aromatic carbocycles. The molecule has 22 heavy (non-hydrogen) atoms. The highest BCUT2D eigenvalue weighted by atomic mass is 32.2. The van der Waals surface area contributed by atoms with Crippen LogP contribution in [0.5, 0.6) is 0 Å². The van der Waals surface area contributed by atoms with Crippen LogP contribution in [0.1, 0.15) is 49.1 Å². The van der Waals surface area contributed by atoms with Crippen LogP contribution in [0.15, 0.2) is 5.03 Å². The molecular formula is C17H25N3OS. The average Bonchev–Trinajstić information content (AvgIpc) is 3.08. The monoisotopic (exact) mass is 319 g/mol. The van der Waals surface area contributed by atoms with Gasteiger partial charge < -0.3 is 4.90 Å². The molecule has 0 radical (unpaired) electrons. The lowest BCUT2D eigenvalue weighted by Gasteiger charge is -2.26. The molecule has 3 rings (SSSR count). The quantitative estimate of drug-likeness (QED) is 0.837. The van der Waals surface area contributed by atoms with Crippen molar-refractivity contribution in [3.05, 3.63) is 22.0 Å². The number of aryl methyl sites for hydroxylation is 2. The predicted molar refractivity (Wildman–Crippen MR) is 91.4 cm³/mol. The van der Waals surface area contributed by atoms with Crippen molar-refractivity contribution in [3.63, 3.8) is 0 Å². The first-order valence-electron chi connectivity index (χ1n) is 8.24. The summed E-state index contributed by atoms with van der Waals surface area (Å²) in [6.07, 6.45) is 8.00. The number of nitrogens with zero attached hydrogens (tertiary/aromatic N) is 3. The van der Waals surface area contributed by atoms with Gasteiger partial charge in [0.1, 0.15) is 0 Å². The van der Waals surface area contributed by atoms with E-state index in [1.54, 1.807) is 11.8 Å². The number of carbonyl (C=O) groups is 1. The molecule has 1 amide bonds. The lowest BCUT2D eigenvalue weighted by Crippen LogP contribution is -2.34. The number of thioether (sulfide) groups is 1. The first-order chi connectivity index (χ1) is 10.6. The van der Waals surface area contributed by atoms with Gasteiger partial charge in [0.05, 0.1) is 10.7 Å². The summed E-state index contributed by atoms with van der Waals surface area (Å²) in [6.45, 7) is 4.97. The molecule has 120 valence electrons. The SMILES string of the molecule is Cc1nn(C)c(C)c1/C=C1/SCCN1C(=O)C1CCCCC1. The van der Waals surface area contributed by atoms with Gasteiger partial charge in [-0.15, -0.1) is 11.8 Å². The molecule has 2 fully saturated rings. The van der Waals surface area contributed by atoms with Crippen LogP contribution in [0.4, 0.5) is 0 Å². The first-order valence-corrected chi connectivity index (χ1v) is 9.22. The van der Waals surface area contributed by atoms with E-state index in [2.05, 4.69) is 18.1 Å². The number of hydrogen-bond acceptors (Lipinski definition) is 3. The summed E-state index contributed by atoms with van der Waals surface area (Å²) in [5, 5.41) is 5.58. The van der Waals surface area contributed by atoms with Crippen LogP contribution < -0.4 is 0 Å². The molecule has 1 aromatic heterocycles. The van der Waals surface area contributed by atoms with E-state index in [0.29, 0.717) is 5.91 Å². The zero-order valence-corrected chi connectivity index (χ0v) is 14.6. The average molecular weight is 319 g/mol. The van der Waals surface area contributed by atoms with E-state index in [1.807, 2.05) is 23.6 Å². The van der Waals surface area contributed by atoms with Gasteiger partial charge in [-0.05, 0) is 32.8 Å². The number of hydrogen-bond donors (Lipinski definition) is 0. The molecule has 2 aliphatic rings. The van der Waals surface area contributed by atoms with Crippen LogP contribution in [-0.4, -0.2) is 32.9 Å². The standard InChI is InChI=1S/C17H25N3OS/c1-12-15(13(2)19(3)18-12)11-16-20(9-10-22-16)17(21)14-7-5-4-6-8-14/h11,14H,4-10H2,1-3H3/b16-11+. The summed E-state index contributed by atoms with van der Waals surface area (Å²) >= 11 is 1.79. The van der Waals surface area contributed by atoms with E-state index in [-0.39, 0.29) is 5.92 Å². The van der Waals surface area contributed by atoms with Crippen LogP contribution in [0, 0.1) is 19.8 Å². The zero-order valence-electron chi connectivity index (χ0n) is 13.8. The molecule has 0 unspecified atom stereocenters. The second kappa shape index (κ2) is 6.49. The van der Waals surface area contributed by atoms with E-state index in [4.69, 9.17) is 0 Å². The molecule has 1 aromatic rings. The third-order valence-corrected chi connectivity index (χ3v) is 5.90. The van der Waals surface area contributed by atoms with Gasteiger partial charge in [0, 0.05) is 36.5 Å². The van der Waals surface area contributed by atoms with Gasteiger partial charge in [0.15, 0.2) is 0 Å². The second-order valence-corrected chi connectivity index (χ2v) is 7.48. The Hall–Kier alpha value is -1.23. The molecule has 1 aliphatic heterocycles. The van der Waals surface area contributed by atoms with Gasteiger partial charge in [-0.3, -0.25) is 9.48 Å². The van der Waals surface area contributed by atoms with E-state index in [1.165, 1.54) is 19.3 Å². The Kier molecular flexibility index (Phi) is 4.62. The van der Waals surface area contributed by atoms with Crippen molar-refractivity contribution < 1.29 is 4.79 Å². The van der Waals surface area contributed by atoms with Gasteiger partial charge in [-0.1, -0.05) is 19.3 Å². The topological polar surface area (TPSA) is 38.1 Å². The van der Waals surface area contributed by atoms with Crippen LogP contribution in [0.25, 0.3) is 6.08 Å². The fourth-order valence-corrected chi connectivity index (χ4v) is 4.48. The van der Waals surface area contributed by atoms with Crippen LogP contribution in [0.2, 0.25) is 0 Å². The van der Waals surface area contributed by atoms with Crippen molar-refractivity contribution in [3.8, 4) is 0 Å². The van der Waals surface area contributed by atoms with Crippen molar-refractivity contribution in [1.29, 1.82) is 0 Å². The molecule has 0 N–H and O–H groups in total. The highest BCUT2D eigenvalue weighted by Gasteiger charge is 2.31. The highest BCUT2D eigenvalue weighted by Crippen LogP contribution is 2.35. The lowest BCUT2D eigenvalue weighted by atomic mass is 9.88. The maximum atomic E-state index is 12.8. The predicted octanol–water partition coefficient (Wildman–Crippen LogP) is 3.49. The number of amides is 1. The summed E-state index contributed by atoms with van der Waals surface area (Å²) in [7, 11) is 1.97. The van der Waals surface area contributed by atoms with Crippen LogP contribution >= 0.6 is 11.8 Å². The smallest absolute Gasteiger partial charge is 0.230 e. The van der Waals surface area contributed by atoms with Crippen molar-refractivity contribution in [2.45, 2.75) is 46.0 Å². The Balaban J connectivity index is 1.83. The van der Waals surface area contributed by atoms with Crippen molar-refractivity contribution in [1.82, 2.24) is 14.7 Å². The van der Waals surface area contributed by atoms with E-state index in [0.717, 1.165) is 47.1 Å². The fraction of sp³-hybridized carbons (Fsp3) is 0.647. The minimum Gasteiger partial charge on any atom is -0.306 e. The summed E-state index contributed by atoms with van der Waals surface area (Å²) < 4.78 is 1.91. The molecule has 4 nitrogen and oxygen atoms in total. The highest BCUT2D eigenvalue weighted by molar-refractivity contribution is 8.03. The summed E-state index contributed by atoms with van der Waals surface area (Å²) in [6, 6.07) is 0. The van der Waals surface area contributed by atoms with E-state index >= 15 is 0 Å². The Bertz CT molecular complexity index is 599. The maximum absolute atomic E-state index is 12.8. The maximum Gasteiger partial charge on any atom is 0.230 e. The van der Waals surface area contributed by atoms with Gasteiger partial charge in [-0.25, -0.2) is 0 Å². The molecule has 0 atom stereocenters. The lowest BCUT2D eigenvalue weighted by molar-refractivity contribution is -0.133. The third kappa shape index (κ3) is 2.96. The molecule has 0 spiro atoms. The van der Waals surface area contributed by atoms with Gasteiger partial charge in [0.25, 0.3) is 0 Å². The Morgan fingerprint density at radius 1 is 1.27 bits per heavy atom.